The molecule has 0 amide bonds. The van der Waals surface area contributed by atoms with Crippen molar-refractivity contribution in [2.24, 2.45) is 0 Å². The molecule has 0 saturated carbocycles. The third-order valence-corrected chi connectivity index (χ3v) is 3.44. The average molecular weight is 320 g/mol. The van der Waals surface area contributed by atoms with E-state index in [-0.39, 0.29) is 4.49 Å². The number of hydrogen-bond acceptors (Lipinski definition) is 1. The van der Waals surface area contributed by atoms with Crippen LogP contribution in [0.2, 0.25) is 0 Å². The van der Waals surface area contributed by atoms with Gasteiger partial charge < -0.3 is 4.74 Å². The molecule has 1 radical (unpaired) electrons. The van der Waals surface area contributed by atoms with Gasteiger partial charge in [-0.15, -0.1) is 0 Å². The highest BCUT2D eigenvalue weighted by atomic mass is 35.5. The summed E-state index contributed by atoms with van der Waals surface area (Å²) in [5.41, 5.74) is 4.40. The Morgan fingerprint density at radius 3 is 2.71 bits per heavy atom. The lowest BCUT2D eigenvalue weighted by atomic mass is 9.95. The molecule has 0 bridgehead atoms. The van der Waals surface area contributed by atoms with Crippen molar-refractivity contribution in [3.8, 4) is 16.9 Å². The van der Waals surface area contributed by atoms with Gasteiger partial charge in [0.2, 0.25) is 0 Å². The van der Waals surface area contributed by atoms with Crippen LogP contribution in [0.1, 0.15) is 18.1 Å². The maximum Gasteiger partial charge on any atom is 0.127 e. The highest BCUT2D eigenvalue weighted by Gasteiger charge is 2.10. The first-order valence-electron chi connectivity index (χ1n) is 6.86. The van der Waals surface area contributed by atoms with E-state index in [0.29, 0.717) is 13.0 Å². The second-order valence-electron chi connectivity index (χ2n) is 4.68. The Morgan fingerprint density at radius 1 is 1.24 bits per heavy atom. The summed E-state index contributed by atoms with van der Waals surface area (Å²) in [5, 5.41) is 0. The Bertz CT molecular complexity index is 643. The molecule has 21 heavy (non-hydrogen) atoms. The normalized spacial score (nSPS) is 10.3. The van der Waals surface area contributed by atoms with Gasteiger partial charge in [-0.1, -0.05) is 47.5 Å². The SMILES string of the molecule is CCOc1ccccc1-c1cc(C)[c]cc1CC=C(Cl)Cl. The summed E-state index contributed by atoms with van der Waals surface area (Å²) in [6.07, 6.45) is 2.45. The zero-order valence-electron chi connectivity index (χ0n) is 12.1. The molecule has 109 valence electrons. The Hall–Kier alpha value is -1.44. The predicted octanol–water partition coefficient (Wildman–Crippen LogP) is 5.72. The van der Waals surface area contributed by atoms with E-state index in [9.17, 15) is 0 Å². The highest BCUT2D eigenvalue weighted by Crippen LogP contribution is 2.33. The summed E-state index contributed by atoms with van der Waals surface area (Å²) in [7, 11) is 0. The van der Waals surface area contributed by atoms with Gasteiger partial charge in [-0.05, 0) is 61.2 Å². The van der Waals surface area contributed by atoms with Gasteiger partial charge in [0.25, 0.3) is 0 Å². The number of hydrogen-bond donors (Lipinski definition) is 0. The Kier molecular flexibility index (Phi) is 5.72. The Labute approximate surface area is 136 Å². The van der Waals surface area contributed by atoms with E-state index < -0.39 is 0 Å². The summed E-state index contributed by atoms with van der Waals surface area (Å²) in [6, 6.07) is 15.4. The monoisotopic (exact) mass is 319 g/mol. The number of allylic oxidation sites excluding steroid dienone is 1. The lowest BCUT2D eigenvalue weighted by Crippen LogP contribution is -1.96. The number of ether oxygens (including phenoxy) is 1. The van der Waals surface area contributed by atoms with E-state index in [0.717, 1.165) is 28.0 Å². The smallest absolute Gasteiger partial charge is 0.127 e. The lowest BCUT2D eigenvalue weighted by molar-refractivity contribution is 0.341. The molecule has 0 aliphatic heterocycles. The molecule has 0 saturated heterocycles. The van der Waals surface area contributed by atoms with E-state index in [4.69, 9.17) is 27.9 Å². The predicted molar refractivity (Wildman–Crippen MR) is 90.1 cm³/mol. The van der Waals surface area contributed by atoms with Crippen molar-refractivity contribution in [3.05, 3.63) is 64.2 Å². The molecule has 0 unspecified atom stereocenters. The maximum absolute atomic E-state index is 5.73. The van der Waals surface area contributed by atoms with Crippen LogP contribution in [0.3, 0.4) is 0 Å². The fourth-order valence-corrected chi connectivity index (χ4v) is 2.36. The van der Waals surface area contributed by atoms with Crippen molar-refractivity contribution in [2.75, 3.05) is 6.61 Å². The summed E-state index contributed by atoms with van der Waals surface area (Å²) in [4.78, 5) is 0. The third kappa shape index (κ3) is 4.26. The minimum atomic E-state index is 0.277. The first kappa shape index (κ1) is 15.9. The first-order chi connectivity index (χ1) is 10.1. The molecule has 3 heteroatoms. The topological polar surface area (TPSA) is 9.23 Å². The summed E-state index contributed by atoms with van der Waals surface area (Å²) in [6.45, 7) is 4.65. The Balaban J connectivity index is 2.51. The standard InChI is InChI=1S/C18H17Cl2O/c1-3-21-17-7-5-4-6-15(17)16-12-13(2)8-9-14(16)10-11-18(19)20/h4-7,9,11-12H,3,10H2,1-2H3. The van der Waals surface area contributed by atoms with Crippen LogP contribution < -0.4 is 4.74 Å². The molecule has 2 aromatic carbocycles. The fraction of sp³-hybridized carbons (Fsp3) is 0.222. The first-order valence-corrected chi connectivity index (χ1v) is 7.62. The van der Waals surface area contributed by atoms with Crippen LogP contribution in [0.15, 0.2) is 47.0 Å². The van der Waals surface area contributed by atoms with Gasteiger partial charge in [0.15, 0.2) is 0 Å². The molecule has 0 heterocycles. The fourth-order valence-electron chi connectivity index (χ4n) is 2.21. The third-order valence-electron chi connectivity index (χ3n) is 3.13. The second kappa shape index (κ2) is 7.53. The van der Waals surface area contributed by atoms with Crippen molar-refractivity contribution in [3.63, 3.8) is 0 Å². The van der Waals surface area contributed by atoms with Gasteiger partial charge in [-0.25, -0.2) is 0 Å². The van der Waals surface area contributed by atoms with E-state index in [1.807, 2.05) is 38.1 Å². The summed E-state index contributed by atoms with van der Waals surface area (Å²) < 4.78 is 6.01. The number of benzene rings is 2. The molecule has 0 atom stereocenters. The molecule has 0 N–H and O–H groups in total. The molecule has 0 spiro atoms. The van der Waals surface area contributed by atoms with Crippen LogP contribution in [0.4, 0.5) is 0 Å². The number of halogens is 2. The number of para-hydroxylation sites is 1. The van der Waals surface area contributed by atoms with Gasteiger partial charge in [-0.2, -0.15) is 0 Å². The van der Waals surface area contributed by atoms with Gasteiger partial charge in [0, 0.05) is 5.56 Å². The highest BCUT2D eigenvalue weighted by molar-refractivity contribution is 6.55. The molecule has 0 aliphatic carbocycles. The van der Waals surface area contributed by atoms with Crippen LogP contribution in [-0.4, -0.2) is 6.61 Å². The van der Waals surface area contributed by atoms with Gasteiger partial charge in [-0.3, -0.25) is 0 Å². The molecule has 0 fully saturated rings. The van der Waals surface area contributed by atoms with E-state index >= 15 is 0 Å². The zero-order valence-corrected chi connectivity index (χ0v) is 13.6. The largest absolute Gasteiger partial charge is 0.493 e. The van der Waals surface area contributed by atoms with Crippen molar-refractivity contribution >= 4 is 23.2 Å². The molecular formula is C18H17Cl2O. The Morgan fingerprint density at radius 2 is 2.00 bits per heavy atom. The van der Waals surface area contributed by atoms with Crippen LogP contribution in [0, 0.1) is 13.0 Å². The van der Waals surface area contributed by atoms with Crippen molar-refractivity contribution in [2.45, 2.75) is 20.3 Å². The lowest BCUT2D eigenvalue weighted by Gasteiger charge is -2.14. The van der Waals surface area contributed by atoms with E-state index in [2.05, 4.69) is 18.2 Å². The van der Waals surface area contributed by atoms with Crippen molar-refractivity contribution < 1.29 is 4.74 Å². The molecule has 1 nitrogen and oxygen atoms in total. The van der Waals surface area contributed by atoms with Crippen LogP contribution in [-0.2, 0) is 6.42 Å². The molecule has 0 aliphatic rings. The van der Waals surface area contributed by atoms with Crippen molar-refractivity contribution in [1.29, 1.82) is 0 Å². The molecular weight excluding hydrogens is 303 g/mol. The van der Waals surface area contributed by atoms with Gasteiger partial charge >= 0.3 is 0 Å². The van der Waals surface area contributed by atoms with Crippen molar-refractivity contribution in [1.82, 2.24) is 0 Å². The molecule has 2 rings (SSSR count). The van der Waals surface area contributed by atoms with Crippen LogP contribution in [0.25, 0.3) is 11.1 Å². The molecule has 0 aromatic heterocycles. The van der Waals surface area contributed by atoms with E-state index in [1.54, 1.807) is 6.08 Å². The van der Waals surface area contributed by atoms with Gasteiger partial charge in [0.05, 0.1) is 6.61 Å². The summed E-state index contributed by atoms with van der Waals surface area (Å²) >= 11 is 11.5. The van der Waals surface area contributed by atoms with Crippen LogP contribution >= 0.6 is 23.2 Å². The number of aryl methyl sites for hydroxylation is 1. The quantitative estimate of drug-likeness (QED) is 0.684. The van der Waals surface area contributed by atoms with Gasteiger partial charge in [0.1, 0.15) is 10.2 Å². The van der Waals surface area contributed by atoms with Crippen LogP contribution in [0.5, 0.6) is 5.75 Å². The molecule has 2 aromatic rings. The minimum absolute atomic E-state index is 0.277. The average Bonchev–Trinajstić information content (AvgIpc) is 2.47. The summed E-state index contributed by atoms with van der Waals surface area (Å²) in [5.74, 6) is 0.882. The zero-order chi connectivity index (χ0) is 15.2. The second-order valence-corrected chi connectivity index (χ2v) is 5.69. The van der Waals surface area contributed by atoms with E-state index in [1.165, 1.54) is 0 Å². The number of rotatable bonds is 5. The minimum Gasteiger partial charge on any atom is -0.493 e. The maximum atomic E-state index is 5.73.